The molecular formula is C8H10ClN5O2. The maximum atomic E-state index is 11.3. The first-order valence-electron chi connectivity index (χ1n) is 4.37. The van der Waals surface area contributed by atoms with Crippen molar-refractivity contribution in [2.24, 2.45) is 5.73 Å². The topological polar surface area (TPSA) is 110 Å². The number of hydrogen-bond acceptors (Lipinski definition) is 5. The second-order valence-corrected chi connectivity index (χ2v) is 3.08. The van der Waals surface area contributed by atoms with E-state index in [2.05, 4.69) is 20.6 Å². The highest BCUT2D eigenvalue weighted by Crippen LogP contribution is 2.04. The van der Waals surface area contributed by atoms with Gasteiger partial charge < -0.3 is 16.4 Å². The van der Waals surface area contributed by atoms with Crippen molar-refractivity contribution in [1.29, 1.82) is 0 Å². The number of halogens is 1. The molecule has 1 heterocycles. The molecule has 86 valence electrons. The van der Waals surface area contributed by atoms with Crippen LogP contribution in [0.25, 0.3) is 0 Å². The summed E-state index contributed by atoms with van der Waals surface area (Å²) in [4.78, 5) is 29.4. The lowest BCUT2D eigenvalue weighted by Gasteiger charge is -2.04. The number of amides is 2. The van der Waals surface area contributed by atoms with Crippen LogP contribution in [-0.4, -0.2) is 34.9 Å². The van der Waals surface area contributed by atoms with Crippen molar-refractivity contribution in [3.63, 3.8) is 0 Å². The first-order valence-corrected chi connectivity index (χ1v) is 4.75. The maximum absolute atomic E-state index is 11.3. The molecule has 1 rings (SSSR count). The Bertz CT molecular complexity index is 398. The standard InChI is InChI=1S/C8H10ClN5O2/c9-8-11-2-1-5(14-8)13-7(16)4-12-6(15)3-10/h1-2H,3-4,10H2,(H,12,15)(H,11,13,14,16). The van der Waals surface area contributed by atoms with Crippen LogP contribution in [0.2, 0.25) is 5.28 Å². The summed E-state index contributed by atoms with van der Waals surface area (Å²) in [5.41, 5.74) is 5.05. The van der Waals surface area contributed by atoms with Gasteiger partial charge in [-0.15, -0.1) is 0 Å². The zero-order chi connectivity index (χ0) is 12.0. The molecule has 1 aromatic rings. The molecule has 0 aliphatic rings. The number of nitrogens with two attached hydrogens (primary N) is 1. The molecule has 0 aliphatic carbocycles. The third kappa shape index (κ3) is 4.20. The van der Waals surface area contributed by atoms with Crippen LogP contribution >= 0.6 is 11.6 Å². The second kappa shape index (κ2) is 5.99. The third-order valence-corrected chi connectivity index (χ3v) is 1.71. The molecule has 7 nitrogen and oxygen atoms in total. The fraction of sp³-hybridized carbons (Fsp3) is 0.250. The summed E-state index contributed by atoms with van der Waals surface area (Å²) in [5, 5.41) is 4.78. The van der Waals surface area contributed by atoms with Gasteiger partial charge in [-0.3, -0.25) is 9.59 Å². The van der Waals surface area contributed by atoms with Crippen LogP contribution in [0.5, 0.6) is 0 Å². The summed E-state index contributed by atoms with van der Waals surface area (Å²) in [6.07, 6.45) is 1.41. The van der Waals surface area contributed by atoms with Crippen molar-refractivity contribution >= 4 is 29.2 Å². The number of hydrogen-bond donors (Lipinski definition) is 3. The number of nitrogens with zero attached hydrogens (tertiary/aromatic N) is 2. The molecule has 16 heavy (non-hydrogen) atoms. The third-order valence-electron chi connectivity index (χ3n) is 1.53. The molecule has 2 amide bonds. The Morgan fingerprint density at radius 1 is 1.44 bits per heavy atom. The summed E-state index contributed by atoms with van der Waals surface area (Å²) in [6, 6.07) is 1.48. The van der Waals surface area contributed by atoms with E-state index in [9.17, 15) is 9.59 Å². The molecule has 0 saturated heterocycles. The molecule has 4 N–H and O–H groups in total. The molecular weight excluding hydrogens is 234 g/mol. The Morgan fingerprint density at radius 2 is 2.19 bits per heavy atom. The van der Waals surface area contributed by atoms with Gasteiger partial charge in [0.15, 0.2) is 0 Å². The van der Waals surface area contributed by atoms with E-state index >= 15 is 0 Å². The molecule has 0 atom stereocenters. The Labute approximate surface area is 96.4 Å². The van der Waals surface area contributed by atoms with Gasteiger partial charge in [-0.2, -0.15) is 0 Å². The van der Waals surface area contributed by atoms with E-state index in [1.807, 2.05) is 0 Å². The summed E-state index contributed by atoms with van der Waals surface area (Å²) >= 11 is 5.52. The fourth-order valence-corrected chi connectivity index (χ4v) is 0.990. The molecule has 8 heteroatoms. The minimum Gasteiger partial charge on any atom is -0.346 e. The smallest absolute Gasteiger partial charge is 0.244 e. The van der Waals surface area contributed by atoms with Gasteiger partial charge in [0.05, 0.1) is 13.1 Å². The molecule has 1 aromatic heterocycles. The van der Waals surface area contributed by atoms with E-state index in [4.69, 9.17) is 17.3 Å². The van der Waals surface area contributed by atoms with Crippen LogP contribution in [0, 0.1) is 0 Å². The van der Waals surface area contributed by atoms with Crippen molar-refractivity contribution < 1.29 is 9.59 Å². The minimum atomic E-state index is -0.420. The van der Waals surface area contributed by atoms with Gasteiger partial charge in [0.2, 0.25) is 17.1 Å². The van der Waals surface area contributed by atoms with Gasteiger partial charge in [0.1, 0.15) is 5.82 Å². The van der Waals surface area contributed by atoms with Crippen molar-refractivity contribution in [3.05, 3.63) is 17.5 Å². The number of nitrogens with one attached hydrogen (secondary N) is 2. The van der Waals surface area contributed by atoms with E-state index in [1.165, 1.54) is 12.3 Å². The summed E-state index contributed by atoms with van der Waals surface area (Å²) in [7, 11) is 0. The monoisotopic (exact) mass is 243 g/mol. The maximum Gasteiger partial charge on any atom is 0.244 e. The van der Waals surface area contributed by atoms with E-state index in [-0.39, 0.29) is 24.2 Å². The van der Waals surface area contributed by atoms with E-state index in [0.29, 0.717) is 0 Å². The predicted octanol–water partition coefficient (Wildman–Crippen LogP) is -0.857. The lowest BCUT2D eigenvalue weighted by Crippen LogP contribution is -2.36. The average Bonchev–Trinajstić information content (AvgIpc) is 2.26. The van der Waals surface area contributed by atoms with Crippen molar-refractivity contribution in [1.82, 2.24) is 15.3 Å². The molecule has 0 fully saturated rings. The van der Waals surface area contributed by atoms with Crippen LogP contribution in [0.4, 0.5) is 5.82 Å². The van der Waals surface area contributed by atoms with Crippen LogP contribution in [-0.2, 0) is 9.59 Å². The number of carbonyl (C=O) groups excluding carboxylic acids is 2. The van der Waals surface area contributed by atoms with Crippen LogP contribution in [0.1, 0.15) is 0 Å². The van der Waals surface area contributed by atoms with Gasteiger partial charge in [-0.1, -0.05) is 0 Å². The Morgan fingerprint density at radius 3 is 2.81 bits per heavy atom. The second-order valence-electron chi connectivity index (χ2n) is 2.74. The Kier molecular flexibility index (Phi) is 4.62. The summed E-state index contributed by atoms with van der Waals surface area (Å²) < 4.78 is 0. The summed E-state index contributed by atoms with van der Waals surface area (Å²) in [5.74, 6) is -0.556. The highest BCUT2D eigenvalue weighted by atomic mass is 35.5. The SMILES string of the molecule is NCC(=O)NCC(=O)Nc1ccnc(Cl)n1. The average molecular weight is 244 g/mol. The van der Waals surface area contributed by atoms with Gasteiger partial charge in [-0.05, 0) is 17.7 Å². The quantitative estimate of drug-likeness (QED) is 0.597. The Balaban J connectivity index is 2.43. The van der Waals surface area contributed by atoms with E-state index in [1.54, 1.807) is 0 Å². The van der Waals surface area contributed by atoms with Gasteiger partial charge >= 0.3 is 0 Å². The zero-order valence-corrected chi connectivity index (χ0v) is 8.99. The van der Waals surface area contributed by atoms with Crippen LogP contribution in [0.3, 0.4) is 0 Å². The highest BCUT2D eigenvalue weighted by Gasteiger charge is 2.05. The Hall–Kier alpha value is -1.73. The molecule has 0 aromatic carbocycles. The minimum absolute atomic E-state index is 0.0313. The number of aromatic nitrogens is 2. The van der Waals surface area contributed by atoms with Crippen molar-refractivity contribution in [2.45, 2.75) is 0 Å². The molecule has 0 spiro atoms. The van der Waals surface area contributed by atoms with Crippen LogP contribution in [0.15, 0.2) is 12.3 Å². The summed E-state index contributed by atoms with van der Waals surface area (Å²) in [6.45, 7) is -0.329. The van der Waals surface area contributed by atoms with Crippen molar-refractivity contribution in [2.75, 3.05) is 18.4 Å². The van der Waals surface area contributed by atoms with Crippen molar-refractivity contribution in [3.8, 4) is 0 Å². The molecule has 0 aliphatic heterocycles. The predicted molar refractivity (Wildman–Crippen MR) is 57.7 cm³/mol. The lowest BCUT2D eigenvalue weighted by atomic mass is 10.5. The molecule has 0 unspecified atom stereocenters. The number of anilines is 1. The molecule has 0 bridgehead atoms. The van der Waals surface area contributed by atoms with E-state index in [0.717, 1.165) is 0 Å². The fourth-order valence-electron chi connectivity index (χ4n) is 0.843. The van der Waals surface area contributed by atoms with Gasteiger partial charge in [0.25, 0.3) is 0 Å². The zero-order valence-electron chi connectivity index (χ0n) is 8.24. The van der Waals surface area contributed by atoms with Crippen LogP contribution < -0.4 is 16.4 Å². The van der Waals surface area contributed by atoms with Gasteiger partial charge in [-0.25, -0.2) is 9.97 Å². The van der Waals surface area contributed by atoms with E-state index < -0.39 is 11.8 Å². The first-order chi connectivity index (χ1) is 7.61. The molecule has 0 radical (unpaired) electrons. The van der Waals surface area contributed by atoms with Gasteiger partial charge in [0, 0.05) is 6.20 Å². The largest absolute Gasteiger partial charge is 0.346 e. The first kappa shape index (κ1) is 12.3. The highest BCUT2D eigenvalue weighted by molar-refractivity contribution is 6.28. The number of rotatable bonds is 4. The normalized spacial score (nSPS) is 9.62. The lowest BCUT2D eigenvalue weighted by molar-refractivity contribution is -0.123. The number of carbonyl (C=O) groups is 2. The molecule has 0 saturated carbocycles.